The van der Waals surface area contributed by atoms with Crippen molar-refractivity contribution in [3.05, 3.63) is 40.9 Å². The van der Waals surface area contributed by atoms with Gasteiger partial charge in [-0.15, -0.1) is 0 Å². The summed E-state index contributed by atoms with van der Waals surface area (Å²) in [6.45, 7) is 1.58. The Kier molecular flexibility index (Phi) is 4.26. The first-order chi connectivity index (χ1) is 9.81. The minimum atomic E-state index is -3.92. The molecule has 0 radical (unpaired) electrons. The van der Waals surface area contributed by atoms with Crippen LogP contribution in [0.25, 0.3) is 0 Å². The molecule has 0 aliphatic rings. The zero-order valence-electron chi connectivity index (χ0n) is 10.7. The fourth-order valence-corrected chi connectivity index (χ4v) is 3.38. The first kappa shape index (κ1) is 15.4. The highest BCUT2D eigenvalue weighted by Gasteiger charge is 2.23. The smallest absolute Gasteiger partial charge is 0.335 e. The van der Waals surface area contributed by atoms with E-state index < -0.39 is 22.0 Å². The van der Waals surface area contributed by atoms with Crippen molar-refractivity contribution in [2.24, 2.45) is 0 Å². The van der Waals surface area contributed by atoms with E-state index in [1.54, 1.807) is 6.92 Å². The Labute approximate surface area is 125 Å². The van der Waals surface area contributed by atoms with Gasteiger partial charge in [0.15, 0.2) is 0 Å². The van der Waals surface area contributed by atoms with Gasteiger partial charge in [-0.25, -0.2) is 22.9 Å². The molecule has 2 aromatic rings. The molecule has 0 saturated carbocycles. The molecule has 1 unspecified atom stereocenters. The lowest BCUT2D eigenvalue weighted by atomic mass is 10.2. The van der Waals surface area contributed by atoms with Crippen LogP contribution < -0.4 is 4.72 Å². The van der Waals surface area contributed by atoms with E-state index in [0.29, 0.717) is 5.82 Å². The van der Waals surface area contributed by atoms with Crippen molar-refractivity contribution in [2.75, 3.05) is 0 Å². The molecule has 0 saturated heterocycles. The van der Waals surface area contributed by atoms with Gasteiger partial charge in [-0.3, -0.25) is 5.10 Å². The summed E-state index contributed by atoms with van der Waals surface area (Å²) in [6.07, 6.45) is 1.26. The van der Waals surface area contributed by atoms with Crippen LogP contribution in [0.3, 0.4) is 0 Å². The molecule has 0 aliphatic heterocycles. The van der Waals surface area contributed by atoms with Crippen LogP contribution >= 0.6 is 11.6 Å². The number of carboxylic acids is 1. The number of aromatic nitrogens is 3. The molecule has 0 bridgehead atoms. The van der Waals surface area contributed by atoms with Gasteiger partial charge in [-0.1, -0.05) is 11.6 Å². The number of benzene rings is 1. The topological polar surface area (TPSA) is 125 Å². The first-order valence-electron chi connectivity index (χ1n) is 5.71. The molecule has 2 rings (SSSR count). The number of aromatic amines is 1. The van der Waals surface area contributed by atoms with E-state index in [9.17, 15) is 13.2 Å². The number of carboxylic acid groups (broad SMARTS) is 1. The highest BCUT2D eigenvalue weighted by Crippen LogP contribution is 2.24. The molecule has 3 N–H and O–H groups in total. The van der Waals surface area contributed by atoms with E-state index >= 15 is 0 Å². The van der Waals surface area contributed by atoms with Crippen LogP contribution in [0.1, 0.15) is 29.1 Å². The molecule has 1 aromatic heterocycles. The Morgan fingerprint density at radius 2 is 2.19 bits per heavy atom. The molecule has 0 amide bonds. The largest absolute Gasteiger partial charge is 0.478 e. The molecule has 10 heteroatoms. The Balaban J connectivity index is 2.29. The van der Waals surface area contributed by atoms with Crippen molar-refractivity contribution in [1.82, 2.24) is 19.9 Å². The van der Waals surface area contributed by atoms with Crippen LogP contribution in [0.15, 0.2) is 29.4 Å². The third-order valence-electron chi connectivity index (χ3n) is 2.64. The summed E-state index contributed by atoms with van der Waals surface area (Å²) in [6, 6.07) is 2.74. The van der Waals surface area contributed by atoms with Crippen LogP contribution in [-0.4, -0.2) is 34.7 Å². The van der Waals surface area contributed by atoms with Gasteiger partial charge in [0.05, 0.1) is 16.6 Å². The van der Waals surface area contributed by atoms with Gasteiger partial charge in [-0.2, -0.15) is 5.10 Å². The fraction of sp³-hybridized carbons (Fsp3) is 0.182. The molecular weight excluding hydrogens is 320 g/mol. The monoisotopic (exact) mass is 330 g/mol. The average Bonchev–Trinajstić information content (AvgIpc) is 2.91. The third-order valence-corrected chi connectivity index (χ3v) is 4.67. The van der Waals surface area contributed by atoms with Gasteiger partial charge in [0, 0.05) is 0 Å². The summed E-state index contributed by atoms with van der Waals surface area (Å²) >= 11 is 5.85. The SMILES string of the molecule is CC(NS(=O)(=O)c1ccc(C(=O)O)cc1Cl)c1ncn[nH]1. The van der Waals surface area contributed by atoms with Gasteiger partial charge < -0.3 is 5.11 Å². The van der Waals surface area contributed by atoms with Gasteiger partial charge in [0.1, 0.15) is 17.0 Å². The standard InChI is InChI=1S/C11H11ClN4O4S/c1-6(10-13-5-14-15-10)16-21(19,20)9-3-2-7(11(17)18)4-8(9)12/h2-6,16H,1H3,(H,17,18)(H,13,14,15). The van der Waals surface area contributed by atoms with Crippen LogP contribution in [0.2, 0.25) is 5.02 Å². The second kappa shape index (κ2) is 5.80. The highest BCUT2D eigenvalue weighted by molar-refractivity contribution is 7.89. The fourth-order valence-electron chi connectivity index (χ4n) is 1.63. The number of hydrogen-bond acceptors (Lipinski definition) is 5. The average molecular weight is 331 g/mol. The Bertz CT molecular complexity index is 761. The number of nitrogens with one attached hydrogen (secondary N) is 2. The molecule has 0 aliphatic carbocycles. The number of halogens is 1. The van der Waals surface area contributed by atoms with Crippen molar-refractivity contribution in [2.45, 2.75) is 17.9 Å². The quantitative estimate of drug-likeness (QED) is 0.756. The van der Waals surface area contributed by atoms with Crippen LogP contribution in [0.4, 0.5) is 0 Å². The lowest BCUT2D eigenvalue weighted by Gasteiger charge is -2.13. The van der Waals surface area contributed by atoms with E-state index in [2.05, 4.69) is 19.9 Å². The van der Waals surface area contributed by atoms with Crippen molar-refractivity contribution in [3.8, 4) is 0 Å². The van der Waals surface area contributed by atoms with Crippen molar-refractivity contribution in [3.63, 3.8) is 0 Å². The summed E-state index contributed by atoms with van der Waals surface area (Å²) in [5.74, 6) is -0.847. The van der Waals surface area contributed by atoms with Gasteiger partial charge in [0.2, 0.25) is 10.0 Å². The van der Waals surface area contributed by atoms with Crippen molar-refractivity contribution in [1.29, 1.82) is 0 Å². The number of aromatic carboxylic acids is 1. The molecule has 112 valence electrons. The summed E-state index contributed by atoms with van der Waals surface area (Å²) < 4.78 is 26.8. The number of H-pyrrole nitrogens is 1. The molecule has 1 atom stereocenters. The van der Waals surface area contributed by atoms with Crippen LogP contribution in [0, 0.1) is 0 Å². The minimum Gasteiger partial charge on any atom is -0.478 e. The normalized spacial score (nSPS) is 13.0. The lowest BCUT2D eigenvalue weighted by Crippen LogP contribution is -2.28. The number of hydrogen-bond donors (Lipinski definition) is 3. The van der Waals surface area contributed by atoms with E-state index in [4.69, 9.17) is 16.7 Å². The van der Waals surface area contributed by atoms with Crippen molar-refractivity contribution < 1.29 is 18.3 Å². The van der Waals surface area contributed by atoms with E-state index in [1.807, 2.05) is 0 Å². The minimum absolute atomic E-state index is 0.0952. The first-order valence-corrected chi connectivity index (χ1v) is 7.58. The summed E-state index contributed by atoms with van der Waals surface area (Å²) in [5, 5.41) is 14.8. The lowest BCUT2D eigenvalue weighted by molar-refractivity contribution is 0.0696. The Hall–Kier alpha value is -1.97. The molecule has 0 spiro atoms. The van der Waals surface area contributed by atoms with Crippen LogP contribution in [0.5, 0.6) is 0 Å². The number of rotatable bonds is 5. The Morgan fingerprint density at radius 1 is 1.48 bits per heavy atom. The molecule has 1 heterocycles. The number of carbonyl (C=O) groups is 1. The van der Waals surface area contributed by atoms with Gasteiger partial charge >= 0.3 is 5.97 Å². The second-order valence-corrected chi connectivity index (χ2v) is 6.25. The van der Waals surface area contributed by atoms with E-state index in [0.717, 1.165) is 12.1 Å². The zero-order chi connectivity index (χ0) is 15.6. The molecule has 8 nitrogen and oxygen atoms in total. The maximum absolute atomic E-state index is 12.2. The maximum atomic E-state index is 12.2. The number of sulfonamides is 1. The third kappa shape index (κ3) is 3.38. The maximum Gasteiger partial charge on any atom is 0.335 e. The molecule has 1 aromatic carbocycles. The molecule has 21 heavy (non-hydrogen) atoms. The number of nitrogens with zero attached hydrogens (tertiary/aromatic N) is 2. The predicted octanol–water partition coefficient (Wildman–Crippen LogP) is 1.20. The summed E-state index contributed by atoms with van der Waals surface area (Å²) in [7, 11) is -3.92. The highest BCUT2D eigenvalue weighted by atomic mass is 35.5. The Morgan fingerprint density at radius 3 is 2.71 bits per heavy atom. The summed E-state index contributed by atoms with van der Waals surface area (Å²) in [5.41, 5.74) is -0.0952. The predicted molar refractivity (Wildman–Crippen MR) is 73.5 cm³/mol. The summed E-state index contributed by atoms with van der Waals surface area (Å²) in [4.78, 5) is 14.4. The van der Waals surface area contributed by atoms with Gasteiger partial charge in [0.25, 0.3) is 0 Å². The van der Waals surface area contributed by atoms with Crippen LogP contribution in [-0.2, 0) is 10.0 Å². The van der Waals surface area contributed by atoms with E-state index in [1.165, 1.54) is 12.4 Å². The molecule has 0 fully saturated rings. The zero-order valence-corrected chi connectivity index (χ0v) is 12.3. The van der Waals surface area contributed by atoms with Crippen molar-refractivity contribution >= 4 is 27.6 Å². The van der Waals surface area contributed by atoms with E-state index in [-0.39, 0.29) is 15.5 Å². The van der Waals surface area contributed by atoms with Gasteiger partial charge in [-0.05, 0) is 25.1 Å². The molecular formula is C11H11ClN4O4S. The second-order valence-electron chi connectivity index (χ2n) is 4.16.